The molecular formula is C23H23N3O5S2. The standard InChI is InChI=1S/C23H23N3O5S2/c1-15-4-2-3-11-26(15)33(28,29)18-8-5-16(6-9-18)22(27)25-23-24-19(13-32-23)17-7-10-20-21(12-17)31-14-30-20/h5-10,12-13,15H,2-4,11,14H2,1H3,(H,24,25,27)/t15-/m1/s1. The van der Waals surface area contributed by atoms with Crippen molar-refractivity contribution in [1.29, 1.82) is 0 Å². The number of benzene rings is 2. The number of nitrogens with one attached hydrogen (secondary N) is 1. The lowest BCUT2D eigenvalue weighted by Gasteiger charge is -2.32. The summed E-state index contributed by atoms with van der Waals surface area (Å²) < 4.78 is 38.2. The molecule has 0 unspecified atom stereocenters. The molecule has 3 heterocycles. The third kappa shape index (κ3) is 4.33. The molecule has 2 aliphatic rings. The molecule has 172 valence electrons. The number of fused-ring (bicyclic) bond motifs is 1. The number of carbonyl (C=O) groups excluding carboxylic acids is 1. The number of carbonyl (C=O) groups is 1. The number of piperidine rings is 1. The zero-order valence-corrected chi connectivity index (χ0v) is 19.6. The fourth-order valence-electron chi connectivity index (χ4n) is 4.03. The SMILES string of the molecule is C[C@@H]1CCCCN1S(=O)(=O)c1ccc(C(=O)Nc2nc(-c3ccc4c(c3)OCO4)cs2)cc1. The molecule has 10 heteroatoms. The average molecular weight is 486 g/mol. The summed E-state index contributed by atoms with van der Waals surface area (Å²) in [6.45, 7) is 2.67. The van der Waals surface area contributed by atoms with Gasteiger partial charge in [0, 0.05) is 29.1 Å². The van der Waals surface area contributed by atoms with Gasteiger partial charge in [-0.25, -0.2) is 13.4 Å². The summed E-state index contributed by atoms with van der Waals surface area (Å²) in [5.41, 5.74) is 1.93. The van der Waals surface area contributed by atoms with E-state index in [0.29, 0.717) is 34.4 Å². The number of hydrogen-bond donors (Lipinski definition) is 1. The van der Waals surface area contributed by atoms with Crippen LogP contribution >= 0.6 is 11.3 Å². The highest BCUT2D eigenvalue weighted by Gasteiger charge is 2.31. The lowest BCUT2D eigenvalue weighted by molar-refractivity contribution is 0.102. The van der Waals surface area contributed by atoms with Crippen LogP contribution in [0, 0.1) is 0 Å². The van der Waals surface area contributed by atoms with Gasteiger partial charge in [-0.05, 0) is 62.2 Å². The highest BCUT2D eigenvalue weighted by atomic mass is 32.2. The van der Waals surface area contributed by atoms with Crippen molar-refractivity contribution in [2.24, 2.45) is 0 Å². The van der Waals surface area contributed by atoms with E-state index in [4.69, 9.17) is 9.47 Å². The van der Waals surface area contributed by atoms with Crippen LogP contribution in [0.4, 0.5) is 5.13 Å². The normalized spacial score (nSPS) is 18.3. The maximum absolute atomic E-state index is 13.0. The molecule has 0 bridgehead atoms. The van der Waals surface area contributed by atoms with E-state index in [9.17, 15) is 13.2 Å². The van der Waals surface area contributed by atoms with Crippen LogP contribution in [-0.4, -0.2) is 43.0 Å². The van der Waals surface area contributed by atoms with Gasteiger partial charge in [-0.1, -0.05) is 6.42 Å². The molecule has 1 atom stereocenters. The minimum atomic E-state index is -3.57. The van der Waals surface area contributed by atoms with E-state index in [1.807, 2.05) is 30.5 Å². The van der Waals surface area contributed by atoms with Crippen molar-refractivity contribution in [3.63, 3.8) is 0 Å². The van der Waals surface area contributed by atoms with Crippen molar-refractivity contribution in [3.8, 4) is 22.8 Å². The first-order chi connectivity index (χ1) is 15.9. The van der Waals surface area contributed by atoms with Gasteiger partial charge in [-0.2, -0.15) is 4.31 Å². The second-order valence-electron chi connectivity index (χ2n) is 8.04. The van der Waals surface area contributed by atoms with Gasteiger partial charge < -0.3 is 9.47 Å². The zero-order chi connectivity index (χ0) is 23.0. The molecule has 33 heavy (non-hydrogen) atoms. The third-order valence-corrected chi connectivity index (χ3v) is 8.64. The van der Waals surface area contributed by atoms with E-state index in [-0.39, 0.29) is 23.6 Å². The third-order valence-electron chi connectivity index (χ3n) is 5.86. The zero-order valence-electron chi connectivity index (χ0n) is 18.0. The van der Waals surface area contributed by atoms with Crippen LogP contribution in [0.3, 0.4) is 0 Å². The fourth-order valence-corrected chi connectivity index (χ4v) is 6.45. The minimum Gasteiger partial charge on any atom is -0.454 e. The van der Waals surface area contributed by atoms with Crippen LogP contribution in [0.5, 0.6) is 11.5 Å². The molecule has 2 aliphatic heterocycles. The van der Waals surface area contributed by atoms with Gasteiger partial charge in [0.25, 0.3) is 5.91 Å². The number of anilines is 1. The van der Waals surface area contributed by atoms with Crippen molar-refractivity contribution in [2.75, 3.05) is 18.7 Å². The van der Waals surface area contributed by atoms with Crippen molar-refractivity contribution >= 4 is 32.4 Å². The molecule has 0 aliphatic carbocycles. The summed E-state index contributed by atoms with van der Waals surface area (Å²) >= 11 is 1.31. The first-order valence-electron chi connectivity index (χ1n) is 10.7. The van der Waals surface area contributed by atoms with E-state index >= 15 is 0 Å². The number of ether oxygens (including phenoxy) is 2. The Morgan fingerprint density at radius 1 is 1.12 bits per heavy atom. The minimum absolute atomic E-state index is 0.0180. The maximum Gasteiger partial charge on any atom is 0.257 e. The lowest BCUT2D eigenvalue weighted by atomic mass is 10.1. The molecule has 0 radical (unpaired) electrons. The molecule has 5 rings (SSSR count). The second kappa shape index (κ2) is 8.77. The largest absolute Gasteiger partial charge is 0.454 e. The Balaban J connectivity index is 1.28. The molecule has 1 amide bonds. The molecule has 0 spiro atoms. The van der Waals surface area contributed by atoms with Gasteiger partial charge in [0.05, 0.1) is 10.6 Å². The van der Waals surface area contributed by atoms with E-state index in [1.54, 1.807) is 4.31 Å². The topological polar surface area (TPSA) is 97.8 Å². The van der Waals surface area contributed by atoms with E-state index in [1.165, 1.54) is 35.6 Å². The van der Waals surface area contributed by atoms with Crippen LogP contribution < -0.4 is 14.8 Å². The first kappa shape index (κ1) is 21.9. The average Bonchev–Trinajstić information content (AvgIpc) is 3.48. The van der Waals surface area contributed by atoms with Gasteiger partial charge in [0.2, 0.25) is 16.8 Å². The summed E-state index contributed by atoms with van der Waals surface area (Å²) in [6, 6.07) is 11.6. The summed E-state index contributed by atoms with van der Waals surface area (Å²) in [5.74, 6) is 1.01. The molecule has 8 nitrogen and oxygen atoms in total. The molecule has 2 aromatic carbocycles. The smallest absolute Gasteiger partial charge is 0.257 e. The summed E-state index contributed by atoms with van der Waals surface area (Å²) in [7, 11) is -3.57. The second-order valence-corrected chi connectivity index (χ2v) is 10.8. The monoisotopic (exact) mass is 485 g/mol. The van der Waals surface area contributed by atoms with E-state index in [2.05, 4.69) is 10.3 Å². The van der Waals surface area contributed by atoms with Crippen LogP contribution in [-0.2, 0) is 10.0 Å². The van der Waals surface area contributed by atoms with Gasteiger partial charge in [-0.15, -0.1) is 11.3 Å². The molecular weight excluding hydrogens is 462 g/mol. The quantitative estimate of drug-likeness (QED) is 0.577. The Kier molecular flexibility index (Phi) is 5.81. The fraction of sp³-hybridized carbons (Fsp3) is 0.304. The van der Waals surface area contributed by atoms with Crippen molar-refractivity contribution in [1.82, 2.24) is 9.29 Å². The Morgan fingerprint density at radius 3 is 2.70 bits per heavy atom. The predicted octanol–water partition coefficient (Wildman–Crippen LogP) is 4.35. The molecule has 1 N–H and O–H groups in total. The first-order valence-corrected chi connectivity index (χ1v) is 13.0. The molecule has 1 saturated heterocycles. The molecule has 3 aromatic rings. The summed E-state index contributed by atoms with van der Waals surface area (Å²) in [4.78, 5) is 17.4. The number of amides is 1. The van der Waals surface area contributed by atoms with E-state index in [0.717, 1.165) is 24.8 Å². The molecule has 0 saturated carbocycles. The Morgan fingerprint density at radius 2 is 1.91 bits per heavy atom. The summed E-state index contributed by atoms with van der Waals surface area (Å²) in [6.07, 6.45) is 2.77. The predicted molar refractivity (Wildman–Crippen MR) is 125 cm³/mol. The van der Waals surface area contributed by atoms with E-state index < -0.39 is 10.0 Å². The Labute approximate surface area is 196 Å². The van der Waals surface area contributed by atoms with Gasteiger partial charge >= 0.3 is 0 Å². The van der Waals surface area contributed by atoms with Gasteiger partial charge in [0.15, 0.2) is 16.6 Å². The van der Waals surface area contributed by atoms with Crippen LogP contribution in [0.15, 0.2) is 52.7 Å². The highest BCUT2D eigenvalue weighted by molar-refractivity contribution is 7.89. The number of hydrogen-bond acceptors (Lipinski definition) is 7. The Bertz CT molecular complexity index is 1290. The Hall–Kier alpha value is -2.95. The number of aromatic nitrogens is 1. The number of rotatable bonds is 5. The maximum atomic E-state index is 13.0. The molecule has 1 aromatic heterocycles. The molecule has 1 fully saturated rings. The summed E-state index contributed by atoms with van der Waals surface area (Å²) in [5, 5.41) is 5.08. The lowest BCUT2D eigenvalue weighted by Crippen LogP contribution is -2.41. The van der Waals surface area contributed by atoms with Crippen molar-refractivity contribution < 1.29 is 22.7 Å². The van der Waals surface area contributed by atoms with Crippen LogP contribution in [0.2, 0.25) is 0 Å². The van der Waals surface area contributed by atoms with Crippen molar-refractivity contribution in [3.05, 3.63) is 53.4 Å². The van der Waals surface area contributed by atoms with Gasteiger partial charge in [-0.3, -0.25) is 10.1 Å². The van der Waals surface area contributed by atoms with Gasteiger partial charge in [0.1, 0.15) is 0 Å². The number of thiazole rings is 1. The van der Waals surface area contributed by atoms with Crippen LogP contribution in [0.1, 0.15) is 36.5 Å². The van der Waals surface area contributed by atoms with Crippen LogP contribution in [0.25, 0.3) is 11.3 Å². The van der Waals surface area contributed by atoms with Crippen molar-refractivity contribution in [2.45, 2.75) is 37.1 Å². The highest BCUT2D eigenvalue weighted by Crippen LogP contribution is 2.36. The number of sulfonamides is 1. The number of nitrogens with zero attached hydrogens (tertiary/aromatic N) is 2.